The monoisotopic (exact) mass is 355 g/mol. The molecule has 1 aromatic carbocycles. The van der Waals surface area contributed by atoms with Gasteiger partial charge in [-0.05, 0) is 34.1 Å². The van der Waals surface area contributed by atoms with Gasteiger partial charge in [-0.15, -0.1) is 0 Å². The summed E-state index contributed by atoms with van der Waals surface area (Å²) in [5.41, 5.74) is 0.550. The maximum absolute atomic E-state index is 12.0. The smallest absolute Gasteiger partial charge is 0.270 e. The maximum atomic E-state index is 12.0. The minimum absolute atomic E-state index is 0.0747. The summed E-state index contributed by atoms with van der Waals surface area (Å²) in [6.07, 6.45) is 1.47. The van der Waals surface area contributed by atoms with Crippen LogP contribution in [0, 0.1) is 10.1 Å². The number of nitrogens with one attached hydrogen (secondary N) is 1. The number of rotatable bonds is 3. The van der Waals surface area contributed by atoms with Crippen molar-refractivity contribution in [2.24, 2.45) is 0 Å². The number of carbonyl (C=O) groups excluding carboxylic acids is 1. The second-order valence-electron chi connectivity index (χ2n) is 3.72. The Balaban J connectivity index is 2.25. The third-order valence-electron chi connectivity index (χ3n) is 2.42. The van der Waals surface area contributed by atoms with Gasteiger partial charge in [-0.25, -0.2) is 4.98 Å². The van der Waals surface area contributed by atoms with E-state index in [1.54, 1.807) is 6.07 Å². The Morgan fingerprint density at radius 2 is 2.15 bits per heavy atom. The Labute approximate surface area is 127 Å². The summed E-state index contributed by atoms with van der Waals surface area (Å²) in [7, 11) is 0. The van der Waals surface area contributed by atoms with Gasteiger partial charge in [-0.3, -0.25) is 14.9 Å². The van der Waals surface area contributed by atoms with Crippen LogP contribution in [0.3, 0.4) is 0 Å². The van der Waals surface area contributed by atoms with E-state index in [2.05, 4.69) is 26.2 Å². The van der Waals surface area contributed by atoms with Gasteiger partial charge >= 0.3 is 0 Å². The molecule has 0 spiro atoms. The van der Waals surface area contributed by atoms with Gasteiger partial charge in [-0.2, -0.15) is 0 Å². The molecule has 0 unspecified atom stereocenters. The standard InChI is InChI=1S/C12H7BrClN3O3/c13-9-6-7(17(19)20)3-4-10(9)16-12(18)8-2-1-5-15-11(8)14/h1-6H,(H,16,18). The molecule has 0 atom stereocenters. The highest BCUT2D eigenvalue weighted by atomic mass is 79.9. The van der Waals surface area contributed by atoms with Crippen LogP contribution in [-0.2, 0) is 0 Å². The van der Waals surface area contributed by atoms with Crippen molar-refractivity contribution in [3.63, 3.8) is 0 Å². The van der Waals surface area contributed by atoms with E-state index < -0.39 is 10.8 Å². The lowest BCUT2D eigenvalue weighted by atomic mass is 10.2. The lowest BCUT2D eigenvalue weighted by molar-refractivity contribution is -0.384. The zero-order chi connectivity index (χ0) is 14.7. The molecule has 1 heterocycles. The Morgan fingerprint density at radius 3 is 2.75 bits per heavy atom. The number of halogens is 2. The molecular weight excluding hydrogens is 350 g/mol. The fourth-order valence-corrected chi connectivity index (χ4v) is 2.14. The molecular formula is C12H7BrClN3O3. The fraction of sp³-hybridized carbons (Fsp3) is 0. The van der Waals surface area contributed by atoms with Gasteiger partial charge in [0.2, 0.25) is 0 Å². The number of nitro groups is 1. The molecule has 0 aliphatic carbocycles. The molecule has 8 heteroatoms. The van der Waals surface area contributed by atoms with Crippen molar-refractivity contribution < 1.29 is 9.72 Å². The molecule has 102 valence electrons. The molecule has 2 aromatic rings. The van der Waals surface area contributed by atoms with E-state index >= 15 is 0 Å². The number of aromatic nitrogens is 1. The largest absolute Gasteiger partial charge is 0.321 e. The van der Waals surface area contributed by atoms with Gasteiger partial charge in [0.05, 0.1) is 16.2 Å². The van der Waals surface area contributed by atoms with E-state index in [-0.39, 0.29) is 16.4 Å². The number of amides is 1. The summed E-state index contributed by atoms with van der Waals surface area (Å²) in [5, 5.41) is 13.3. The number of carbonyl (C=O) groups is 1. The van der Waals surface area contributed by atoms with Gasteiger partial charge in [-0.1, -0.05) is 11.6 Å². The van der Waals surface area contributed by atoms with E-state index in [9.17, 15) is 14.9 Å². The number of hydrogen-bond donors (Lipinski definition) is 1. The first-order chi connectivity index (χ1) is 9.49. The molecule has 0 saturated heterocycles. The zero-order valence-electron chi connectivity index (χ0n) is 9.84. The van der Waals surface area contributed by atoms with Crippen molar-refractivity contribution in [1.82, 2.24) is 4.98 Å². The molecule has 0 fully saturated rings. The average molecular weight is 357 g/mol. The molecule has 1 amide bonds. The fourth-order valence-electron chi connectivity index (χ4n) is 1.46. The van der Waals surface area contributed by atoms with E-state index in [0.717, 1.165) is 0 Å². The van der Waals surface area contributed by atoms with E-state index in [1.165, 1.54) is 30.5 Å². The van der Waals surface area contributed by atoms with E-state index in [4.69, 9.17) is 11.6 Å². The number of benzene rings is 1. The Bertz CT molecular complexity index is 693. The quantitative estimate of drug-likeness (QED) is 0.516. The highest BCUT2D eigenvalue weighted by molar-refractivity contribution is 9.10. The summed E-state index contributed by atoms with van der Waals surface area (Å²) in [5.74, 6) is -0.447. The first kappa shape index (κ1) is 14.4. The van der Waals surface area contributed by atoms with Crippen LogP contribution in [-0.4, -0.2) is 15.8 Å². The van der Waals surface area contributed by atoms with Crippen molar-refractivity contribution in [3.8, 4) is 0 Å². The molecule has 1 N–H and O–H groups in total. The number of anilines is 1. The van der Waals surface area contributed by atoms with Gasteiger partial charge in [0.1, 0.15) is 5.15 Å². The molecule has 0 aliphatic rings. The third kappa shape index (κ3) is 3.12. The molecule has 1 aromatic heterocycles. The molecule has 0 radical (unpaired) electrons. The third-order valence-corrected chi connectivity index (χ3v) is 3.37. The Kier molecular flexibility index (Phi) is 4.31. The first-order valence-corrected chi connectivity index (χ1v) is 6.52. The molecule has 0 aliphatic heterocycles. The van der Waals surface area contributed by atoms with Crippen molar-refractivity contribution in [3.05, 3.63) is 61.8 Å². The number of nitro benzene ring substituents is 1. The summed E-state index contributed by atoms with van der Waals surface area (Å²) < 4.78 is 0.403. The van der Waals surface area contributed by atoms with Crippen LogP contribution in [0.5, 0.6) is 0 Å². The normalized spacial score (nSPS) is 10.1. The highest BCUT2D eigenvalue weighted by Crippen LogP contribution is 2.27. The number of non-ortho nitro benzene ring substituents is 1. The molecule has 20 heavy (non-hydrogen) atoms. The van der Waals surface area contributed by atoms with E-state index in [0.29, 0.717) is 10.2 Å². The van der Waals surface area contributed by atoms with Gasteiger partial charge < -0.3 is 5.32 Å². The second-order valence-corrected chi connectivity index (χ2v) is 4.93. The summed E-state index contributed by atoms with van der Waals surface area (Å²) in [6.45, 7) is 0. The Morgan fingerprint density at radius 1 is 1.40 bits per heavy atom. The van der Waals surface area contributed by atoms with Crippen LogP contribution in [0.2, 0.25) is 5.15 Å². The van der Waals surface area contributed by atoms with Crippen molar-refractivity contribution in [2.45, 2.75) is 0 Å². The van der Waals surface area contributed by atoms with E-state index in [1.807, 2.05) is 0 Å². The topological polar surface area (TPSA) is 85.1 Å². The molecule has 0 bridgehead atoms. The van der Waals surface area contributed by atoms with Gasteiger partial charge in [0.25, 0.3) is 11.6 Å². The van der Waals surface area contributed by atoms with Crippen LogP contribution in [0.25, 0.3) is 0 Å². The lowest BCUT2D eigenvalue weighted by Gasteiger charge is -2.07. The Hall–Kier alpha value is -1.99. The number of nitrogens with zero attached hydrogens (tertiary/aromatic N) is 2. The minimum Gasteiger partial charge on any atom is -0.321 e. The lowest BCUT2D eigenvalue weighted by Crippen LogP contribution is -2.13. The van der Waals surface area contributed by atoms with Crippen LogP contribution >= 0.6 is 27.5 Å². The predicted molar refractivity (Wildman–Crippen MR) is 78.0 cm³/mol. The van der Waals surface area contributed by atoms with Gasteiger partial charge in [0.15, 0.2) is 0 Å². The summed E-state index contributed by atoms with van der Waals surface area (Å²) >= 11 is 8.99. The van der Waals surface area contributed by atoms with Crippen LogP contribution in [0.15, 0.2) is 41.0 Å². The molecule has 2 rings (SSSR count). The van der Waals surface area contributed by atoms with Crippen molar-refractivity contribution in [1.29, 1.82) is 0 Å². The maximum Gasteiger partial charge on any atom is 0.270 e. The van der Waals surface area contributed by atoms with Crippen LogP contribution < -0.4 is 5.32 Å². The summed E-state index contributed by atoms with van der Waals surface area (Å²) in [6, 6.07) is 7.16. The highest BCUT2D eigenvalue weighted by Gasteiger charge is 2.14. The molecule has 6 nitrogen and oxygen atoms in total. The first-order valence-electron chi connectivity index (χ1n) is 5.35. The van der Waals surface area contributed by atoms with Crippen molar-refractivity contribution >= 4 is 44.8 Å². The second kappa shape index (κ2) is 5.98. The molecule has 0 saturated carbocycles. The van der Waals surface area contributed by atoms with Crippen LogP contribution in [0.1, 0.15) is 10.4 Å². The van der Waals surface area contributed by atoms with Crippen molar-refractivity contribution in [2.75, 3.05) is 5.32 Å². The SMILES string of the molecule is O=C(Nc1ccc([N+](=O)[O-])cc1Br)c1cccnc1Cl. The van der Waals surface area contributed by atoms with Gasteiger partial charge in [0, 0.05) is 22.8 Å². The average Bonchev–Trinajstić information content (AvgIpc) is 2.41. The number of pyridine rings is 1. The predicted octanol–water partition coefficient (Wildman–Crippen LogP) is 3.66. The number of hydrogen-bond acceptors (Lipinski definition) is 4. The zero-order valence-corrected chi connectivity index (χ0v) is 12.2. The minimum atomic E-state index is -0.519. The van der Waals surface area contributed by atoms with Crippen LogP contribution in [0.4, 0.5) is 11.4 Å². The summed E-state index contributed by atoms with van der Waals surface area (Å²) in [4.78, 5) is 25.9.